The molecule has 158 valence electrons. The monoisotopic (exact) mass is 405 g/mol. The first kappa shape index (κ1) is 19.5. The van der Waals surface area contributed by atoms with Gasteiger partial charge in [-0.3, -0.25) is 4.79 Å². The van der Waals surface area contributed by atoms with Crippen molar-refractivity contribution in [1.82, 2.24) is 0 Å². The summed E-state index contributed by atoms with van der Waals surface area (Å²) in [6.07, 6.45) is 7.85. The van der Waals surface area contributed by atoms with Crippen molar-refractivity contribution in [3.05, 3.63) is 54.1 Å². The van der Waals surface area contributed by atoms with Gasteiger partial charge in [0.25, 0.3) is 5.91 Å². The van der Waals surface area contributed by atoms with Crippen LogP contribution in [0.15, 0.2) is 48.5 Å². The lowest BCUT2D eigenvalue weighted by Gasteiger charge is -2.57. The Labute approximate surface area is 179 Å². The summed E-state index contributed by atoms with van der Waals surface area (Å²) in [4.78, 5) is 12.6. The highest BCUT2D eigenvalue weighted by Gasteiger charge is 2.51. The standard InChI is InChI=1S/C26H31NO3/c1-17(30-24-5-3-4-23(13-24)29-2)25(28)27-22-8-6-21(7-9-22)26-14-18-10-19(15-26)12-20(11-18)16-26/h3-9,13,17-20H,10-12,14-16H2,1-2H3,(H,27,28)/t17-,18?,19?,20?,26?/m0/s1. The fourth-order valence-corrected chi connectivity index (χ4v) is 6.55. The molecule has 0 aromatic heterocycles. The second kappa shape index (κ2) is 7.64. The first-order chi connectivity index (χ1) is 14.5. The molecule has 4 bridgehead atoms. The third kappa shape index (κ3) is 3.68. The van der Waals surface area contributed by atoms with Crippen molar-refractivity contribution in [1.29, 1.82) is 0 Å². The Morgan fingerprint density at radius 3 is 2.17 bits per heavy atom. The minimum absolute atomic E-state index is 0.152. The molecule has 4 fully saturated rings. The van der Waals surface area contributed by atoms with Crippen molar-refractivity contribution in [3.63, 3.8) is 0 Å². The molecule has 1 amide bonds. The number of ether oxygens (including phenoxy) is 2. The summed E-state index contributed by atoms with van der Waals surface area (Å²) in [7, 11) is 1.61. The number of rotatable bonds is 6. The van der Waals surface area contributed by atoms with Crippen molar-refractivity contribution in [2.24, 2.45) is 17.8 Å². The van der Waals surface area contributed by atoms with Crippen molar-refractivity contribution < 1.29 is 14.3 Å². The first-order valence-corrected chi connectivity index (χ1v) is 11.2. The van der Waals surface area contributed by atoms with E-state index in [0.29, 0.717) is 16.9 Å². The molecule has 2 aromatic rings. The Kier molecular flexibility index (Phi) is 4.96. The summed E-state index contributed by atoms with van der Waals surface area (Å²) in [6.45, 7) is 1.76. The number of carbonyl (C=O) groups is 1. The lowest BCUT2D eigenvalue weighted by atomic mass is 9.48. The van der Waals surface area contributed by atoms with Crippen LogP contribution in [0.4, 0.5) is 5.69 Å². The van der Waals surface area contributed by atoms with E-state index in [1.807, 2.05) is 18.2 Å². The third-order valence-electron chi connectivity index (χ3n) is 7.53. The van der Waals surface area contributed by atoms with E-state index in [4.69, 9.17) is 9.47 Å². The van der Waals surface area contributed by atoms with E-state index in [9.17, 15) is 4.79 Å². The van der Waals surface area contributed by atoms with E-state index in [1.165, 1.54) is 44.1 Å². The fraction of sp³-hybridized carbons (Fsp3) is 0.500. The molecule has 4 aliphatic rings. The van der Waals surface area contributed by atoms with Crippen LogP contribution in [0.5, 0.6) is 11.5 Å². The second-order valence-corrected chi connectivity index (χ2v) is 9.70. The highest BCUT2D eigenvalue weighted by Crippen LogP contribution is 2.60. The molecule has 2 aromatic carbocycles. The van der Waals surface area contributed by atoms with Gasteiger partial charge in [0.05, 0.1) is 7.11 Å². The molecule has 4 heteroatoms. The largest absolute Gasteiger partial charge is 0.497 e. The van der Waals surface area contributed by atoms with Crippen LogP contribution in [-0.4, -0.2) is 19.1 Å². The van der Waals surface area contributed by atoms with Crippen molar-refractivity contribution in [3.8, 4) is 11.5 Å². The molecule has 0 unspecified atom stereocenters. The van der Waals surface area contributed by atoms with E-state index >= 15 is 0 Å². The van der Waals surface area contributed by atoms with Crippen LogP contribution in [-0.2, 0) is 10.2 Å². The van der Waals surface area contributed by atoms with Crippen LogP contribution < -0.4 is 14.8 Å². The lowest BCUT2D eigenvalue weighted by Crippen LogP contribution is -2.48. The summed E-state index contributed by atoms with van der Waals surface area (Å²) < 4.78 is 11.0. The summed E-state index contributed by atoms with van der Waals surface area (Å²) in [5, 5.41) is 3.00. The number of benzene rings is 2. The average molecular weight is 406 g/mol. The summed E-state index contributed by atoms with van der Waals surface area (Å²) in [5.41, 5.74) is 2.69. The molecule has 4 saturated carbocycles. The molecular weight excluding hydrogens is 374 g/mol. The summed E-state index contributed by atoms with van der Waals surface area (Å²) in [6, 6.07) is 15.9. The fourth-order valence-electron chi connectivity index (χ4n) is 6.55. The maximum atomic E-state index is 12.6. The van der Waals surface area contributed by atoms with Gasteiger partial charge in [0.1, 0.15) is 11.5 Å². The molecule has 6 rings (SSSR count). The Hall–Kier alpha value is -2.49. The van der Waals surface area contributed by atoms with Crippen LogP contribution in [0.25, 0.3) is 0 Å². The smallest absolute Gasteiger partial charge is 0.265 e. The van der Waals surface area contributed by atoms with E-state index in [-0.39, 0.29) is 5.91 Å². The van der Waals surface area contributed by atoms with Gasteiger partial charge in [-0.2, -0.15) is 0 Å². The molecule has 0 saturated heterocycles. The zero-order valence-electron chi connectivity index (χ0n) is 17.9. The molecule has 1 atom stereocenters. The molecule has 0 radical (unpaired) electrons. The number of hydrogen-bond donors (Lipinski definition) is 1. The van der Waals surface area contributed by atoms with E-state index in [2.05, 4.69) is 29.6 Å². The molecule has 0 aliphatic heterocycles. The van der Waals surface area contributed by atoms with E-state index < -0.39 is 6.10 Å². The molecule has 1 N–H and O–H groups in total. The van der Waals surface area contributed by atoms with Gasteiger partial charge in [-0.05, 0) is 98.4 Å². The third-order valence-corrected chi connectivity index (χ3v) is 7.53. The van der Waals surface area contributed by atoms with Crippen LogP contribution in [0, 0.1) is 17.8 Å². The zero-order chi connectivity index (χ0) is 20.7. The Morgan fingerprint density at radius 2 is 1.57 bits per heavy atom. The van der Waals surface area contributed by atoms with Crippen molar-refractivity contribution >= 4 is 11.6 Å². The number of methoxy groups -OCH3 is 1. The number of nitrogens with one attached hydrogen (secondary N) is 1. The van der Waals surface area contributed by atoms with E-state index in [0.717, 1.165) is 23.4 Å². The van der Waals surface area contributed by atoms with Crippen LogP contribution in [0.3, 0.4) is 0 Å². The first-order valence-electron chi connectivity index (χ1n) is 11.2. The normalized spacial score (nSPS) is 30.0. The quantitative estimate of drug-likeness (QED) is 0.683. The maximum absolute atomic E-state index is 12.6. The van der Waals surface area contributed by atoms with Crippen molar-refractivity contribution in [2.45, 2.75) is 57.0 Å². The number of anilines is 1. The SMILES string of the molecule is COc1cccc(O[C@@H](C)C(=O)Nc2ccc(C34CC5CC(CC(C5)C3)C4)cc2)c1. The van der Waals surface area contributed by atoms with Crippen molar-refractivity contribution in [2.75, 3.05) is 12.4 Å². The second-order valence-electron chi connectivity index (χ2n) is 9.70. The minimum atomic E-state index is -0.597. The highest BCUT2D eigenvalue weighted by molar-refractivity contribution is 5.94. The van der Waals surface area contributed by atoms with Gasteiger partial charge < -0.3 is 14.8 Å². The van der Waals surface area contributed by atoms with Gasteiger partial charge in [-0.25, -0.2) is 0 Å². The van der Waals surface area contributed by atoms with Gasteiger partial charge >= 0.3 is 0 Å². The Morgan fingerprint density at radius 1 is 0.967 bits per heavy atom. The van der Waals surface area contributed by atoms with Crippen LogP contribution in [0.1, 0.15) is 51.0 Å². The molecule has 4 aliphatic carbocycles. The molecule has 0 spiro atoms. The summed E-state index contributed by atoms with van der Waals surface area (Å²) in [5.74, 6) is 3.98. The summed E-state index contributed by atoms with van der Waals surface area (Å²) >= 11 is 0. The Balaban J connectivity index is 1.23. The Bertz CT molecular complexity index is 885. The molecule has 0 heterocycles. The minimum Gasteiger partial charge on any atom is -0.497 e. The average Bonchev–Trinajstić information content (AvgIpc) is 2.73. The predicted molar refractivity (Wildman–Crippen MR) is 118 cm³/mol. The van der Waals surface area contributed by atoms with Crippen LogP contribution in [0.2, 0.25) is 0 Å². The van der Waals surface area contributed by atoms with E-state index in [1.54, 1.807) is 20.1 Å². The number of hydrogen-bond acceptors (Lipinski definition) is 3. The van der Waals surface area contributed by atoms with Gasteiger partial charge in [-0.15, -0.1) is 0 Å². The van der Waals surface area contributed by atoms with Gasteiger partial charge in [0, 0.05) is 11.8 Å². The predicted octanol–water partition coefficient (Wildman–Crippen LogP) is 5.57. The van der Waals surface area contributed by atoms with Gasteiger partial charge in [0.2, 0.25) is 0 Å². The molecule has 4 nitrogen and oxygen atoms in total. The lowest BCUT2D eigenvalue weighted by molar-refractivity contribution is -0.122. The topological polar surface area (TPSA) is 47.6 Å². The van der Waals surface area contributed by atoms with Gasteiger partial charge in [0.15, 0.2) is 6.10 Å². The number of amides is 1. The molecular formula is C26H31NO3. The molecule has 30 heavy (non-hydrogen) atoms. The van der Waals surface area contributed by atoms with Gasteiger partial charge in [-0.1, -0.05) is 18.2 Å². The highest BCUT2D eigenvalue weighted by atomic mass is 16.5. The maximum Gasteiger partial charge on any atom is 0.265 e. The number of carbonyl (C=O) groups excluding carboxylic acids is 1. The van der Waals surface area contributed by atoms with Crippen LogP contribution >= 0.6 is 0 Å². The zero-order valence-corrected chi connectivity index (χ0v) is 17.9.